The molecule has 0 bridgehead atoms. The summed E-state index contributed by atoms with van der Waals surface area (Å²) in [7, 11) is -3.58. The van der Waals surface area contributed by atoms with E-state index < -0.39 is 16.1 Å². The van der Waals surface area contributed by atoms with E-state index in [9.17, 15) is 13.2 Å². The van der Waals surface area contributed by atoms with Crippen molar-refractivity contribution in [1.82, 2.24) is 0 Å². The monoisotopic (exact) mass is 189 g/mol. The number of hydrogen-bond acceptors (Lipinski definition) is 4. The van der Waals surface area contributed by atoms with Crippen molar-refractivity contribution in [1.29, 1.82) is 0 Å². The van der Waals surface area contributed by atoms with Crippen LogP contribution in [0.1, 0.15) is 20.3 Å². The quantitative estimate of drug-likeness (QED) is 0.459. The molecule has 0 fully saturated rings. The van der Waals surface area contributed by atoms with Gasteiger partial charge in [0, 0.05) is 36.5 Å². The number of carbonyl (C=O) groups excluding carboxylic acids is 1. The second-order valence-electron chi connectivity index (χ2n) is 1.84. The Balaban J connectivity index is 0. The molecule has 0 N–H and O–H groups in total. The summed E-state index contributed by atoms with van der Waals surface area (Å²) in [5.74, 6) is -0.888. The molecule has 0 saturated carbocycles. The van der Waals surface area contributed by atoms with Gasteiger partial charge in [-0.1, -0.05) is 6.92 Å². The van der Waals surface area contributed by atoms with Gasteiger partial charge in [0.05, 0.1) is 5.75 Å². The van der Waals surface area contributed by atoms with Gasteiger partial charge in [-0.25, -0.2) is 0 Å². The number of rotatable bonds is 3. The van der Waals surface area contributed by atoms with Gasteiger partial charge in [0.15, 0.2) is 0 Å². The Labute approximate surface area is 88.7 Å². The summed E-state index contributed by atoms with van der Waals surface area (Å²) in [5, 5.41) is 0. The van der Waals surface area contributed by atoms with E-state index in [2.05, 4.69) is 4.18 Å². The van der Waals surface area contributed by atoms with E-state index in [1.807, 2.05) is 0 Å². The van der Waals surface area contributed by atoms with E-state index in [0.717, 1.165) is 6.92 Å². The first-order valence-electron chi connectivity index (χ1n) is 2.90. The molecule has 0 aliphatic rings. The maximum absolute atomic E-state index is 10.6. The molecule has 0 spiro atoms. The molecule has 0 heterocycles. The summed E-state index contributed by atoms with van der Waals surface area (Å²) in [4.78, 5) is 10.1. The summed E-state index contributed by atoms with van der Waals surface area (Å²) >= 11 is 0. The van der Waals surface area contributed by atoms with E-state index in [0.29, 0.717) is 6.42 Å². The normalized spacial score (nSPS) is 10.0. The van der Waals surface area contributed by atoms with E-state index in [-0.39, 0.29) is 35.3 Å². The van der Waals surface area contributed by atoms with E-state index >= 15 is 0 Å². The van der Waals surface area contributed by atoms with Crippen molar-refractivity contribution in [2.45, 2.75) is 20.3 Å². The molecular formula is C5H10NaO4S. The van der Waals surface area contributed by atoms with Crippen LogP contribution in [0.2, 0.25) is 0 Å². The molecule has 0 unspecified atom stereocenters. The van der Waals surface area contributed by atoms with Crippen LogP contribution >= 0.6 is 0 Å². The summed E-state index contributed by atoms with van der Waals surface area (Å²) in [6.45, 7) is 2.76. The van der Waals surface area contributed by atoms with Crippen LogP contribution in [-0.4, -0.2) is 49.7 Å². The van der Waals surface area contributed by atoms with Gasteiger partial charge in [-0.2, -0.15) is 8.42 Å². The van der Waals surface area contributed by atoms with Gasteiger partial charge >= 0.3 is 16.1 Å². The largest absolute Gasteiger partial charge is 0.346 e. The Hall–Kier alpha value is 0.420. The summed E-state index contributed by atoms with van der Waals surface area (Å²) < 4.78 is 25.2. The van der Waals surface area contributed by atoms with Crippen molar-refractivity contribution >= 4 is 45.6 Å². The third-order valence-electron chi connectivity index (χ3n) is 0.698. The standard InChI is InChI=1S/C5H10O4S.Na/c1-3-4-10(7,8)9-5(2)6;/h3-4H2,1-2H3;. The fourth-order valence-electron chi connectivity index (χ4n) is 0.470. The zero-order chi connectivity index (χ0) is 8.20. The minimum atomic E-state index is -3.58. The van der Waals surface area contributed by atoms with Crippen molar-refractivity contribution in [2.75, 3.05) is 5.75 Å². The first kappa shape index (κ1) is 14.0. The maximum atomic E-state index is 10.6. The Morgan fingerprint density at radius 3 is 2.18 bits per heavy atom. The number of carbonyl (C=O) groups is 1. The molecular weight excluding hydrogens is 179 g/mol. The van der Waals surface area contributed by atoms with Crippen LogP contribution in [0, 0.1) is 0 Å². The second-order valence-corrected chi connectivity index (χ2v) is 3.53. The van der Waals surface area contributed by atoms with Crippen molar-refractivity contribution in [3.8, 4) is 0 Å². The molecule has 0 aliphatic carbocycles. The molecule has 6 heteroatoms. The first-order chi connectivity index (χ1) is 4.48. The van der Waals surface area contributed by atoms with E-state index in [1.54, 1.807) is 6.92 Å². The minimum absolute atomic E-state index is 0. The molecule has 0 aromatic heterocycles. The van der Waals surface area contributed by atoms with Gasteiger partial charge < -0.3 is 4.18 Å². The SMILES string of the molecule is CCCS(=O)(=O)OC(C)=O.[Na]. The van der Waals surface area contributed by atoms with E-state index in [4.69, 9.17) is 0 Å². The van der Waals surface area contributed by atoms with Crippen molar-refractivity contribution < 1.29 is 17.4 Å². The van der Waals surface area contributed by atoms with Gasteiger partial charge in [-0.3, -0.25) is 4.79 Å². The minimum Gasteiger partial charge on any atom is -0.346 e. The fraction of sp³-hybridized carbons (Fsp3) is 0.800. The van der Waals surface area contributed by atoms with Gasteiger partial charge in [0.2, 0.25) is 0 Å². The van der Waals surface area contributed by atoms with Gasteiger partial charge in [-0.05, 0) is 6.42 Å². The van der Waals surface area contributed by atoms with Crippen LogP contribution in [0.4, 0.5) is 0 Å². The Bertz CT molecular complexity index is 209. The first-order valence-corrected chi connectivity index (χ1v) is 4.48. The average molecular weight is 189 g/mol. The van der Waals surface area contributed by atoms with Gasteiger partial charge in [0.25, 0.3) is 0 Å². The summed E-state index contributed by atoms with van der Waals surface area (Å²) in [5.41, 5.74) is 0. The predicted octanol–water partition coefficient (Wildman–Crippen LogP) is -0.0915. The average Bonchev–Trinajstić information content (AvgIpc) is 1.59. The number of hydrogen-bond donors (Lipinski definition) is 0. The van der Waals surface area contributed by atoms with Crippen molar-refractivity contribution in [3.05, 3.63) is 0 Å². The Morgan fingerprint density at radius 2 is 1.91 bits per heavy atom. The Morgan fingerprint density at radius 1 is 1.45 bits per heavy atom. The van der Waals surface area contributed by atoms with Crippen LogP contribution in [0.25, 0.3) is 0 Å². The van der Waals surface area contributed by atoms with Crippen LogP contribution in [-0.2, 0) is 19.1 Å². The molecule has 1 radical (unpaired) electrons. The molecule has 0 aromatic carbocycles. The third kappa shape index (κ3) is 8.33. The van der Waals surface area contributed by atoms with Crippen LogP contribution in [0.5, 0.6) is 0 Å². The van der Waals surface area contributed by atoms with Crippen LogP contribution in [0.3, 0.4) is 0 Å². The molecule has 61 valence electrons. The van der Waals surface area contributed by atoms with Gasteiger partial charge in [0.1, 0.15) is 0 Å². The maximum Gasteiger partial charge on any atom is 0.319 e. The zero-order valence-corrected chi connectivity index (χ0v) is 9.77. The van der Waals surface area contributed by atoms with Gasteiger partial charge in [-0.15, -0.1) is 0 Å². The molecule has 0 amide bonds. The van der Waals surface area contributed by atoms with Crippen LogP contribution in [0.15, 0.2) is 0 Å². The van der Waals surface area contributed by atoms with E-state index in [1.165, 1.54) is 0 Å². The Kier molecular flexibility index (Phi) is 7.61. The topological polar surface area (TPSA) is 60.4 Å². The molecule has 0 rings (SSSR count). The summed E-state index contributed by atoms with van der Waals surface area (Å²) in [6, 6.07) is 0. The molecule has 0 saturated heterocycles. The molecule has 4 nitrogen and oxygen atoms in total. The summed E-state index contributed by atoms with van der Waals surface area (Å²) in [6.07, 6.45) is 0.454. The fourth-order valence-corrected chi connectivity index (χ4v) is 1.41. The second kappa shape index (κ2) is 5.99. The zero-order valence-electron chi connectivity index (χ0n) is 6.96. The molecule has 0 aromatic rings. The smallest absolute Gasteiger partial charge is 0.319 e. The van der Waals surface area contributed by atoms with Crippen molar-refractivity contribution in [2.24, 2.45) is 0 Å². The third-order valence-corrected chi connectivity index (χ3v) is 2.10. The molecule has 0 aliphatic heterocycles. The van der Waals surface area contributed by atoms with Crippen LogP contribution < -0.4 is 0 Å². The predicted molar refractivity (Wildman–Crippen MR) is 41.6 cm³/mol. The molecule has 11 heavy (non-hydrogen) atoms. The molecule has 0 atom stereocenters. The van der Waals surface area contributed by atoms with Crippen molar-refractivity contribution in [3.63, 3.8) is 0 Å².